The van der Waals surface area contributed by atoms with Crippen molar-refractivity contribution in [1.82, 2.24) is 20.1 Å². The number of anilines is 1. The molecule has 4 aromatic rings. The van der Waals surface area contributed by atoms with Crippen LogP contribution in [-0.4, -0.2) is 32.6 Å². The van der Waals surface area contributed by atoms with E-state index >= 15 is 0 Å². The Balaban J connectivity index is 1.64. The fourth-order valence-electron chi connectivity index (χ4n) is 3.92. The number of pyridine rings is 1. The predicted octanol–water partition coefficient (Wildman–Crippen LogP) is 5.31. The van der Waals surface area contributed by atoms with Crippen molar-refractivity contribution in [2.24, 2.45) is 0 Å². The van der Waals surface area contributed by atoms with Crippen molar-refractivity contribution in [3.8, 4) is 11.3 Å². The largest absolute Gasteiger partial charge is 0.354 e. The third kappa shape index (κ3) is 5.57. The van der Waals surface area contributed by atoms with Crippen molar-refractivity contribution in [2.75, 3.05) is 5.32 Å². The number of fused-ring (bicyclic) bond motifs is 1. The molecule has 0 aliphatic heterocycles. The Hall–Kier alpha value is -4.00. The fourth-order valence-corrected chi connectivity index (χ4v) is 3.92. The lowest BCUT2D eigenvalue weighted by Gasteiger charge is -2.12. The minimum atomic E-state index is -0.237. The predicted molar refractivity (Wildman–Crippen MR) is 139 cm³/mol. The topological polar surface area (TPSA) is 88.9 Å². The summed E-state index contributed by atoms with van der Waals surface area (Å²) < 4.78 is 1.83. The van der Waals surface area contributed by atoms with E-state index in [-0.39, 0.29) is 23.9 Å². The third-order valence-corrected chi connectivity index (χ3v) is 5.67. The number of nitrogens with zero attached hydrogens (tertiary/aromatic N) is 3. The zero-order chi connectivity index (χ0) is 25.1. The van der Waals surface area contributed by atoms with E-state index in [2.05, 4.69) is 15.7 Å². The van der Waals surface area contributed by atoms with Crippen LogP contribution in [0.1, 0.15) is 55.2 Å². The molecule has 0 radical (unpaired) electrons. The maximum absolute atomic E-state index is 13.4. The fraction of sp³-hybridized carbons (Fsp3) is 0.286. The molecular formula is C28H31N5O2. The number of benzene rings is 2. The molecule has 0 aliphatic rings. The zero-order valence-electron chi connectivity index (χ0n) is 20.8. The quantitative estimate of drug-likeness (QED) is 0.384. The van der Waals surface area contributed by atoms with Gasteiger partial charge in [0.25, 0.3) is 5.91 Å². The number of amides is 2. The van der Waals surface area contributed by atoms with Crippen LogP contribution in [0.3, 0.4) is 0 Å². The van der Waals surface area contributed by atoms with Gasteiger partial charge in [-0.25, -0.2) is 9.67 Å². The molecule has 7 nitrogen and oxygen atoms in total. The molecule has 0 saturated heterocycles. The standard InChI is InChI=1S/C28H31N5O2/c1-17(2)30-26(34)14-20-8-12-22(13-9-20)31-28(35)23-15-25(21-10-6-19(5)7-11-21)32-27-24(23)16-29-33(27)18(3)4/h6-13,15-18H,14H2,1-5H3,(H,30,34)(H,31,35). The number of carbonyl (C=O) groups is 2. The van der Waals surface area contributed by atoms with Gasteiger partial charge in [-0.1, -0.05) is 42.0 Å². The molecule has 2 N–H and O–H groups in total. The Morgan fingerprint density at radius 1 is 0.971 bits per heavy atom. The maximum Gasteiger partial charge on any atom is 0.256 e. The first-order valence-electron chi connectivity index (χ1n) is 11.9. The van der Waals surface area contributed by atoms with E-state index in [1.54, 1.807) is 6.20 Å². The molecule has 0 fully saturated rings. The van der Waals surface area contributed by atoms with E-state index in [1.165, 1.54) is 0 Å². The second-order valence-corrected chi connectivity index (χ2v) is 9.39. The summed E-state index contributed by atoms with van der Waals surface area (Å²) in [6.07, 6.45) is 2.00. The first-order chi connectivity index (χ1) is 16.7. The number of aromatic nitrogens is 3. The lowest BCUT2D eigenvalue weighted by molar-refractivity contribution is -0.120. The first-order valence-corrected chi connectivity index (χ1v) is 11.9. The molecule has 35 heavy (non-hydrogen) atoms. The SMILES string of the molecule is Cc1ccc(-c2cc(C(=O)Nc3ccc(CC(=O)NC(C)C)cc3)c3cnn(C(C)C)c3n2)cc1. The summed E-state index contributed by atoms with van der Waals surface area (Å²) in [7, 11) is 0. The highest BCUT2D eigenvalue weighted by atomic mass is 16.2. The summed E-state index contributed by atoms with van der Waals surface area (Å²) in [5, 5.41) is 11.1. The summed E-state index contributed by atoms with van der Waals surface area (Å²) in [6.45, 7) is 9.98. The molecule has 2 aromatic heterocycles. The Morgan fingerprint density at radius 2 is 1.66 bits per heavy atom. The molecule has 4 rings (SSSR count). The van der Waals surface area contributed by atoms with Gasteiger partial charge in [-0.15, -0.1) is 0 Å². The molecule has 0 spiro atoms. The molecular weight excluding hydrogens is 438 g/mol. The van der Waals surface area contributed by atoms with E-state index in [0.29, 0.717) is 28.7 Å². The summed E-state index contributed by atoms with van der Waals surface area (Å²) in [5.74, 6) is -0.263. The van der Waals surface area contributed by atoms with Crippen LogP contribution >= 0.6 is 0 Å². The monoisotopic (exact) mass is 469 g/mol. The van der Waals surface area contributed by atoms with E-state index in [0.717, 1.165) is 22.4 Å². The Kier molecular flexibility index (Phi) is 6.96. The van der Waals surface area contributed by atoms with Crippen LogP contribution in [0.25, 0.3) is 22.3 Å². The van der Waals surface area contributed by atoms with Gasteiger partial charge in [0, 0.05) is 23.3 Å². The minimum Gasteiger partial charge on any atom is -0.354 e. The van der Waals surface area contributed by atoms with Crippen molar-refractivity contribution >= 4 is 28.5 Å². The molecule has 2 amide bonds. The van der Waals surface area contributed by atoms with Crippen LogP contribution in [0.5, 0.6) is 0 Å². The van der Waals surface area contributed by atoms with Gasteiger partial charge in [-0.3, -0.25) is 9.59 Å². The summed E-state index contributed by atoms with van der Waals surface area (Å²) in [5.41, 5.74) is 5.54. The molecule has 2 heterocycles. The third-order valence-electron chi connectivity index (χ3n) is 5.67. The average molecular weight is 470 g/mol. The van der Waals surface area contributed by atoms with E-state index in [1.807, 2.05) is 93.9 Å². The highest BCUT2D eigenvalue weighted by Crippen LogP contribution is 2.27. The molecule has 2 aromatic carbocycles. The van der Waals surface area contributed by atoms with Gasteiger partial charge in [-0.05, 0) is 58.4 Å². The Bertz CT molecular complexity index is 1350. The van der Waals surface area contributed by atoms with Crippen molar-refractivity contribution in [2.45, 2.75) is 53.1 Å². The lowest BCUT2D eigenvalue weighted by Crippen LogP contribution is -2.31. The van der Waals surface area contributed by atoms with Crippen LogP contribution in [-0.2, 0) is 11.2 Å². The number of nitrogens with one attached hydrogen (secondary N) is 2. The lowest BCUT2D eigenvalue weighted by atomic mass is 10.0. The second-order valence-electron chi connectivity index (χ2n) is 9.39. The number of hydrogen-bond donors (Lipinski definition) is 2. The molecule has 0 unspecified atom stereocenters. The molecule has 0 aliphatic carbocycles. The van der Waals surface area contributed by atoms with Crippen LogP contribution in [0.2, 0.25) is 0 Å². The van der Waals surface area contributed by atoms with Gasteiger partial charge in [0.05, 0.1) is 29.3 Å². The molecule has 0 atom stereocenters. The number of carbonyl (C=O) groups excluding carboxylic acids is 2. The number of hydrogen-bond acceptors (Lipinski definition) is 4. The van der Waals surface area contributed by atoms with Gasteiger partial charge < -0.3 is 10.6 Å². The van der Waals surface area contributed by atoms with Crippen molar-refractivity contribution in [3.05, 3.63) is 77.5 Å². The van der Waals surface area contributed by atoms with Crippen LogP contribution < -0.4 is 10.6 Å². The van der Waals surface area contributed by atoms with Crippen LogP contribution in [0, 0.1) is 6.92 Å². The second kappa shape index (κ2) is 10.1. The molecule has 0 bridgehead atoms. The molecule has 180 valence electrons. The summed E-state index contributed by atoms with van der Waals surface area (Å²) >= 11 is 0. The Labute approximate surface area is 205 Å². The molecule has 7 heteroatoms. The maximum atomic E-state index is 13.4. The highest BCUT2D eigenvalue weighted by molar-refractivity contribution is 6.12. The minimum absolute atomic E-state index is 0.0261. The van der Waals surface area contributed by atoms with Gasteiger partial charge >= 0.3 is 0 Å². The first kappa shape index (κ1) is 24.1. The van der Waals surface area contributed by atoms with Crippen LogP contribution in [0.4, 0.5) is 5.69 Å². The number of rotatable bonds is 7. The zero-order valence-corrected chi connectivity index (χ0v) is 20.8. The summed E-state index contributed by atoms with van der Waals surface area (Å²) in [6, 6.07) is 17.4. The highest BCUT2D eigenvalue weighted by Gasteiger charge is 2.19. The van der Waals surface area contributed by atoms with Crippen molar-refractivity contribution in [3.63, 3.8) is 0 Å². The van der Waals surface area contributed by atoms with Crippen molar-refractivity contribution in [1.29, 1.82) is 0 Å². The van der Waals surface area contributed by atoms with Crippen molar-refractivity contribution < 1.29 is 9.59 Å². The average Bonchev–Trinajstić information content (AvgIpc) is 3.24. The van der Waals surface area contributed by atoms with E-state index in [9.17, 15) is 9.59 Å². The smallest absolute Gasteiger partial charge is 0.256 e. The van der Waals surface area contributed by atoms with Gasteiger partial charge in [0.15, 0.2) is 5.65 Å². The van der Waals surface area contributed by atoms with Gasteiger partial charge in [0.2, 0.25) is 5.91 Å². The summed E-state index contributed by atoms with van der Waals surface area (Å²) in [4.78, 5) is 30.3. The van der Waals surface area contributed by atoms with Gasteiger partial charge in [0.1, 0.15) is 0 Å². The Morgan fingerprint density at radius 3 is 2.29 bits per heavy atom. The molecule has 0 saturated carbocycles. The van der Waals surface area contributed by atoms with E-state index in [4.69, 9.17) is 4.98 Å². The van der Waals surface area contributed by atoms with Gasteiger partial charge in [-0.2, -0.15) is 5.10 Å². The number of aryl methyl sites for hydroxylation is 1. The van der Waals surface area contributed by atoms with E-state index < -0.39 is 0 Å². The van der Waals surface area contributed by atoms with Crippen LogP contribution in [0.15, 0.2) is 60.8 Å². The normalized spacial score (nSPS) is 11.3.